The number of hydrogen-bond acceptors (Lipinski definition) is 5. The fourth-order valence-corrected chi connectivity index (χ4v) is 5.28. The summed E-state index contributed by atoms with van der Waals surface area (Å²) in [4.78, 5) is 28.1. The van der Waals surface area contributed by atoms with Gasteiger partial charge in [-0.3, -0.25) is 4.79 Å². The van der Waals surface area contributed by atoms with Crippen LogP contribution in [-0.2, 0) is 20.7 Å². The fourth-order valence-electron chi connectivity index (χ4n) is 5.28. The number of anilines is 1. The third-order valence-electron chi connectivity index (χ3n) is 7.06. The fraction of sp³-hybridized carbons (Fsp3) is 0.562. The molecule has 1 N–H and O–H groups in total. The van der Waals surface area contributed by atoms with Gasteiger partial charge in [-0.15, -0.1) is 0 Å². The maximum absolute atomic E-state index is 13.3. The molecular weight excluding hydrogens is 476 g/mol. The molecule has 0 spiro atoms. The minimum absolute atomic E-state index is 0.00317. The quantitative estimate of drug-likeness (QED) is 0.343. The molecule has 2 aromatic rings. The Labute approximate surface area is 229 Å². The van der Waals surface area contributed by atoms with E-state index in [2.05, 4.69) is 48.3 Å². The number of ether oxygens (including phenoxy) is 2. The Morgan fingerprint density at radius 2 is 1.66 bits per heavy atom. The number of aryl methyl sites for hydroxylation is 2. The molecule has 1 saturated heterocycles. The number of carbonyl (C=O) groups is 2. The van der Waals surface area contributed by atoms with Gasteiger partial charge >= 0.3 is 5.97 Å². The van der Waals surface area contributed by atoms with Gasteiger partial charge in [0.2, 0.25) is 5.91 Å². The van der Waals surface area contributed by atoms with Gasteiger partial charge in [0, 0.05) is 18.8 Å². The summed E-state index contributed by atoms with van der Waals surface area (Å²) in [5.74, 6) is 0.699. The largest absolute Gasteiger partial charge is 0.476 e. The molecule has 0 radical (unpaired) electrons. The van der Waals surface area contributed by atoms with Crippen LogP contribution < -0.4 is 15.0 Å². The molecule has 1 aliphatic rings. The normalized spacial score (nSPS) is 14.8. The standard InChI is InChI=1S/C32H46N2O4/c1-8-37-31(36)32(6,7)38-30-23(4)19-25(20-24(30)5)21-29(35)33-27(18-22(2)3)26-14-10-11-15-28(26)34-16-12-9-13-17-34/h10-11,14-15,19-20,22,27H,8-9,12-13,16-18,21H2,1-7H3,(H,33,35). The molecule has 1 fully saturated rings. The van der Waals surface area contributed by atoms with Gasteiger partial charge in [-0.1, -0.05) is 44.2 Å². The highest BCUT2D eigenvalue weighted by Gasteiger charge is 2.32. The highest BCUT2D eigenvalue weighted by Crippen LogP contribution is 2.33. The van der Waals surface area contributed by atoms with Crippen molar-refractivity contribution in [1.29, 1.82) is 0 Å². The summed E-state index contributed by atoms with van der Waals surface area (Å²) in [7, 11) is 0. The third kappa shape index (κ3) is 7.75. The average molecular weight is 523 g/mol. The van der Waals surface area contributed by atoms with Crippen molar-refractivity contribution >= 4 is 17.6 Å². The predicted octanol–water partition coefficient (Wildman–Crippen LogP) is 6.46. The molecule has 0 aliphatic carbocycles. The summed E-state index contributed by atoms with van der Waals surface area (Å²) in [5, 5.41) is 3.36. The summed E-state index contributed by atoms with van der Waals surface area (Å²) in [5.41, 5.74) is 4.05. The monoisotopic (exact) mass is 522 g/mol. The van der Waals surface area contributed by atoms with Gasteiger partial charge in [0.15, 0.2) is 5.60 Å². The number of para-hydroxylation sites is 1. The SMILES string of the molecule is CCOC(=O)C(C)(C)Oc1c(C)cc(CC(=O)NC(CC(C)C)c2ccccc2N2CCCCC2)cc1C. The molecule has 6 heteroatoms. The van der Waals surface area contributed by atoms with Crippen LogP contribution in [0.5, 0.6) is 5.75 Å². The van der Waals surface area contributed by atoms with Crippen molar-refractivity contribution in [3.63, 3.8) is 0 Å². The second-order valence-corrected chi connectivity index (χ2v) is 11.4. The van der Waals surface area contributed by atoms with Crippen LogP contribution in [0.4, 0.5) is 5.69 Å². The molecular formula is C32H46N2O4. The summed E-state index contributed by atoms with van der Waals surface area (Å²) in [6.07, 6.45) is 4.87. The van der Waals surface area contributed by atoms with Crippen LogP contribution in [0.15, 0.2) is 36.4 Å². The van der Waals surface area contributed by atoms with E-state index in [1.54, 1.807) is 20.8 Å². The Morgan fingerprint density at radius 1 is 1.03 bits per heavy atom. The van der Waals surface area contributed by atoms with E-state index >= 15 is 0 Å². The molecule has 1 atom stereocenters. The van der Waals surface area contributed by atoms with Crippen LogP contribution in [0.2, 0.25) is 0 Å². The number of nitrogens with one attached hydrogen (secondary N) is 1. The highest BCUT2D eigenvalue weighted by atomic mass is 16.6. The molecule has 0 saturated carbocycles. The van der Waals surface area contributed by atoms with E-state index in [4.69, 9.17) is 9.47 Å². The smallest absolute Gasteiger partial charge is 0.349 e. The van der Waals surface area contributed by atoms with E-state index in [0.29, 0.717) is 18.3 Å². The maximum atomic E-state index is 13.3. The van der Waals surface area contributed by atoms with Crippen molar-refractivity contribution in [2.45, 2.75) is 92.2 Å². The molecule has 3 rings (SSSR count). The van der Waals surface area contributed by atoms with E-state index in [0.717, 1.165) is 36.2 Å². The summed E-state index contributed by atoms with van der Waals surface area (Å²) < 4.78 is 11.3. The van der Waals surface area contributed by atoms with E-state index in [1.165, 1.54) is 30.5 Å². The second kappa shape index (κ2) is 13.2. The molecule has 2 aromatic carbocycles. The number of rotatable bonds is 11. The maximum Gasteiger partial charge on any atom is 0.349 e. The molecule has 0 aromatic heterocycles. The first-order valence-electron chi connectivity index (χ1n) is 14.1. The molecule has 1 heterocycles. The number of hydrogen-bond donors (Lipinski definition) is 1. The topological polar surface area (TPSA) is 67.9 Å². The highest BCUT2D eigenvalue weighted by molar-refractivity contribution is 5.80. The van der Waals surface area contributed by atoms with E-state index in [-0.39, 0.29) is 18.4 Å². The molecule has 0 bridgehead atoms. The zero-order valence-electron chi connectivity index (χ0n) is 24.4. The zero-order chi connectivity index (χ0) is 27.9. The zero-order valence-corrected chi connectivity index (χ0v) is 24.4. The first-order valence-corrected chi connectivity index (χ1v) is 14.1. The number of benzene rings is 2. The molecule has 1 amide bonds. The van der Waals surface area contributed by atoms with Crippen LogP contribution in [0, 0.1) is 19.8 Å². The second-order valence-electron chi connectivity index (χ2n) is 11.4. The minimum atomic E-state index is -1.10. The first-order chi connectivity index (χ1) is 18.0. The number of nitrogens with zero attached hydrogens (tertiary/aromatic N) is 1. The predicted molar refractivity (Wildman–Crippen MR) is 154 cm³/mol. The van der Waals surface area contributed by atoms with Gasteiger partial charge in [0.1, 0.15) is 5.75 Å². The van der Waals surface area contributed by atoms with Crippen LogP contribution >= 0.6 is 0 Å². The van der Waals surface area contributed by atoms with E-state index in [9.17, 15) is 9.59 Å². The lowest BCUT2D eigenvalue weighted by molar-refractivity contribution is -0.158. The Balaban J connectivity index is 1.77. The van der Waals surface area contributed by atoms with Crippen LogP contribution in [0.3, 0.4) is 0 Å². The summed E-state index contributed by atoms with van der Waals surface area (Å²) in [6.45, 7) is 15.9. The van der Waals surface area contributed by atoms with Crippen molar-refractivity contribution < 1.29 is 19.1 Å². The Morgan fingerprint density at radius 3 is 2.26 bits per heavy atom. The minimum Gasteiger partial charge on any atom is -0.476 e. The van der Waals surface area contributed by atoms with Crippen molar-refractivity contribution in [2.75, 3.05) is 24.6 Å². The third-order valence-corrected chi connectivity index (χ3v) is 7.06. The van der Waals surface area contributed by atoms with Crippen molar-refractivity contribution in [1.82, 2.24) is 5.32 Å². The number of carbonyl (C=O) groups excluding carboxylic acids is 2. The molecule has 1 unspecified atom stereocenters. The van der Waals surface area contributed by atoms with Crippen molar-refractivity contribution in [3.8, 4) is 5.75 Å². The van der Waals surface area contributed by atoms with E-state index < -0.39 is 11.6 Å². The summed E-state index contributed by atoms with van der Waals surface area (Å²) in [6, 6.07) is 12.4. The van der Waals surface area contributed by atoms with Gasteiger partial charge in [0.25, 0.3) is 0 Å². The molecule has 1 aliphatic heterocycles. The van der Waals surface area contributed by atoms with Gasteiger partial charge < -0.3 is 19.7 Å². The Bertz CT molecular complexity index is 1080. The van der Waals surface area contributed by atoms with E-state index in [1.807, 2.05) is 26.0 Å². The van der Waals surface area contributed by atoms with Crippen molar-refractivity contribution in [2.24, 2.45) is 5.92 Å². The lowest BCUT2D eigenvalue weighted by atomic mass is 9.94. The summed E-state index contributed by atoms with van der Waals surface area (Å²) >= 11 is 0. The van der Waals surface area contributed by atoms with Crippen LogP contribution in [0.1, 0.15) is 88.6 Å². The lowest BCUT2D eigenvalue weighted by Crippen LogP contribution is -2.40. The van der Waals surface area contributed by atoms with Crippen LogP contribution in [0.25, 0.3) is 0 Å². The average Bonchev–Trinajstić information content (AvgIpc) is 2.86. The van der Waals surface area contributed by atoms with Crippen molar-refractivity contribution in [3.05, 3.63) is 58.7 Å². The van der Waals surface area contributed by atoms with Gasteiger partial charge in [-0.25, -0.2) is 4.79 Å². The number of esters is 1. The Kier molecular flexibility index (Phi) is 10.2. The number of piperidine rings is 1. The molecule has 208 valence electrons. The molecule has 38 heavy (non-hydrogen) atoms. The first kappa shape index (κ1) is 29.5. The van der Waals surface area contributed by atoms with Crippen LogP contribution in [-0.4, -0.2) is 37.2 Å². The lowest BCUT2D eigenvalue weighted by Gasteiger charge is -2.33. The van der Waals surface area contributed by atoms with Gasteiger partial charge in [-0.05, 0) is 94.5 Å². The number of amides is 1. The Hall–Kier alpha value is -3.02. The van der Waals surface area contributed by atoms with Gasteiger partial charge in [0.05, 0.1) is 19.1 Å². The van der Waals surface area contributed by atoms with Gasteiger partial charge in [-0.2, -0.15) is 0 Å². The molecule has 6 nitrogen and oxygen atoms in total.